The van der Waals surface area contributed by atoms with E-state index in [-0.39, 0.29) is 17.9 Å². The van der Waals surface area contributed by atoms with E-state index in [1.165, 1.54) is 0 Å². The number of carbonyl (C=O) groups is 1. The topological polar surface area (TPSA) is 61.4 Å². The Morgan fingerprint density at radius 2 is 2.05 bits per heavy atom. The van der Waals surface area contributed by atoms with Crippen molar-refractivity contribution in [3.05, 3.63) is 35.4 Å². The van der Waals surface area contributed by atoms with Crippen molar-refractivity contribution in [2.24, 2.45) is 5.41 Å². The zero-order valence-electron chi connectivity index (χ0n) is 12.8. The summed E-state index contributed by atoms with van der Waals surface area (Å²) in [5.74, 6) is 0.181. The largest absolute Gasteiger partial charge is 0.392 e. The second-order valence-electron chi connectivity index (χ2n) is 5.94. The molecule has 0 radical (unpaired) electrons. The average molecular weight is 290 g/mol. The van der Waals surface area contributed by atoms with E-state index in [4.69, 9.17) is 5.11 Å². The summed E-state index contributed by atoms with van der Waals surface area (Å²) in [6.07, 6.45) is 3.83. The van der Waals surface area contributed by atoms with Gasteiger partial charge in [0.25, 0.3) is 0 Å². The molecule has 1 amide bonds. The van der Waals surface area contributed by atoms with Crippen LogP contribution < -0.4 is 10.6 Å². The molecule has 1 heterocycles. The second-order valence-corrected chi connectivity index (χ2v) is 5.94. The van der Waals surface area contributed by atoms with Crippen LogP contribution in [0.1, 0.15) is 43.7 Å². The Kier molecular flexibility index (Phi) is 5.76. The molecular weight excluding hydrogens is 264 g/mol. The monoisotopic (exact) mass is 290 g/mol. The number of carbonyl (C=O) groups excluding carboxylic acids is 1. The van der Waals surface area contributed by atoms with Crippen LogP contribution in [0.15, 0.2) is 24.3 Å². The Labute approximate surface area is 126 Å². The normalized spacial score (nSPS) is 17.4. The first-order chi connectivity index (χ1) is 10.2. The van der Waals surface area contributed by atoms with E-state index in [1.54, 1.807) is 0 Å². The molecule has 0 unspecified atom stereocenters. The van der Waals surface area contributed by atoms with Crippen molar-refractivity contribution in [1.29, 1.82) is 0 Å². The Balaban J connectivity index is 1.98. The number of amides is 1. The van der Waals surface area contributed by atoms with Gasteiger partial charge >= 0.3 is 0 Å². The number of hydrogen-bond acceptors (Lipinski definition) is 3. The van der Waals surface area contributed by atoms with Gasteiger partial charge in [-0.1, -0.05) is 37.6 Å². The van der Waals surface area contributed by atoms with Gasteiger partial charge in [-0.25, -0.2) is 0 Å². The number of aliphatic hydroxyl groups excluding tert-OH is 1. The molecule has 1 aromatic rings. The lowest BCUT2D eigenvalue weighted by Gasteiger charge is -2.36. The molecule has 0 aliphatic carbocycles. The van der Waals surface area contributed by atoms with Gasteiger partial charge in [0.15, 0.2) is 0 Å². The highest BCUT2D eigenvalue weighted by Crippen LogP contribution is 2.34. The minimum atomic E-state index is -0.200. The number of nitrogens with one attached hydrogen (secondary N) is 2. The van der Waals surface area contributed by atoms with E-state index in [9.17, 15) is 4.79 Å². The molecule has 1 aromatic carbocycles. The summed E-state index contributed by atoms with van der Waals surface area (Å²) < 4.78 is 0. The van der Waals surface area contributed by atoms with Crippen molar-refractivity contribution in [3.63, 3.8) is 0 Å². The molecule has 4 nitrogen and oxygen atoms in total. The van der Waals surface area contributed by atoms with Gasteiger partial charge in [-0.3, -0.25) is 4.79 Å². The van der Waals surface area contributed by atoms with E-state index in [2.05, 4.69) is 17.6 Å². The van der Waals surface area contributed by atoms with Gasteiger partial charge in [0.1, 0.15) is 0 Å². The van der Waals surface area contributed by atoms with Crippen molar-refractivity contribution in [2.75, 3.05) is 13.1 Å². The Hall–Kier alpha value is -1.39. The Bertz CT molecular complexity index is 462. The number of aliphatic hydroxyl groups is 1. The van der Waals surface area contributed by atoms with E-state index < -0.39 is 0 Å². The average Bonchev–Trinajstić information content (AvgIpc) is 2.54. The van der Waals surface area contributed by atoms with Gasteiger partial charge in [-0.05, 0) is 43.5 Å². The maximum atomic E-state index is 12.6. The lowest BCUT2D eigenvalue weighted by atomic mass is 9.74. The molecule has 4 heteroatoms. The molecule has 1 aliphatic rings. The molecule has 0 atom stereocenters. The van der Waals surface area contributed by atoms with Crippen LogP contribution in [0.4, 0.5) is 0 Å². The van der Waals surface area contributed by atoms with E-state index >= 15 is 0 Å². The van der Waals surface area contributed by atoms with Gasteiger partial charge in [0.2, 0.25) is 5.91 Å². The van der Waals surface area contributed by atoms with Crippen molar-refractivity contribution in [3.8, 4) is 0 Å². The van der Waals surface area contributed by atoms with Gasteiger partial charge < -0.3 is 15.7 Å². The van der Waals surface area contributed by atoms with Crippen LogP contribution in [0.3, 0.4) is 0 Å². The molecule has 3 N–H and O–H groups in total. The van der Waals surface area contributed by atoms with E-state index in [1.807, 2.05) is 24.3 Å². The van der Waals surface area contributed by atoms with Crippen LogP contribution in [0, 0.1) is 5.41 Å². The maximum absolute atomic E-state index is 12.6. The third kappa shape index (κ3) is 4.05. The van der Waals surface area contributed by atoms with Crippen LogP contribution in [0.5, 0.6) is 0 Å². The molecule has 1 saturated heterocycles. The first-order valence-corrected chi connectivity index (χ1v) is 7.88. The first-order valence-electron chi connectivity index (χ1n) is 7.88. The van der Waals surface area contributed by atoms with Crippen molar-refractivity contribution in [2.45, 2.75) is 45.8 Å². The highest BCUT2D eigenvalue weighted by molar-refractivity contribution is 5.82. The van der Waals surface area contributed by atoms with Crippen molar-refractivity contribution >= 4 is 5.91 Å². The summed E-state index contributed by atoms with van der Waals surface area (Å²) in [7, 11) is 0. The minimum absolute atomic E-state index is 0.0349. The third-order valence-electron chi connectivity index (χ3n) is 4.40. The van der Waals surface area contributed by atoms with Gasteiger partial charge in [-0.15, -0.1) is 0 Å². The first kappa shape index (κ1) is 16.0. The minimum Gasteiger partial charge on any atom is -0.392 e. The van der Waals surface area contributed by atoms with Gasteiger partial charge in [0, 0.05) is 6.54 Å². The zero-order chi connectivity index (χ0) is 15.1. The van der Waals surface area contributed by atoms with Crippen LogP contribution in [0.2, 0.25) is 0 Å². The fourth-order valence-corrected chi connectivity index (χ4v) is 3.18. The standard InChI is InChI=1S/C17H26N2O2/c1-2-6-17(7-9-18-10-8-17)16(21)19-12-14-4-3-5-15(11-14)13-20/h3-5,11,18,20H,2,6-10,12-13H2,1H3,(H,19,21). The fourth-order valence-electron chi connectivity index (χ4n) is 3.18. The predicted molar refractivity (Wildman–Crippen MR) is 83.7 cm³/mol. The number of rotatable bonds is 6. The maximum Gasteiger partial charge on any atom is 0.226 e. The summed E-state index contributed by atoms with van der Waals surface area (Å²) in [4.78, 5) is 12.6. The third-order valence-corrected chi connectivity index (χ3v) is 4.40. The fraction of sp³-hybridized carbons (Fsp3) is 0.588. The summed E-state index contributed by atoms with van der Waals surface area (Å²) in [5.41, 5.74) is 1.72. The Morgan fingerprint density at radius 1 is 1.33 bits per heavy atom. The molecule has 0 saturated carbocycles. The lowest BCUT2D eigenvalue weighted by Crippen LogP contribution is -2.47. The lowest BCUT2D eigenvalue weighted by molar-refractivity contribution is -0.133. The summed E-state index contributed by atoms with van der Waals surface area (Å²) in [5, 5.41) is 15.6. The molecule has 2 rings (SSSR count). The molecule has 0 spiro atoms. The molecule has 0 bridgehead atoms. The SMILES string of the molecule is CCCC1(C(=O)NCc2cccc(CO)c2)CCNCC1. The summed E-state index contributed by atoms with van der Waals surface area (Å²) >= 11 is 0. The molecule has 0 aromatic heterocycles. The van der Waals surface area contributed by atoms with E-state index in [0.717, 1.165) is 49.9 Å². The zero-order valence-corrected chi connectivity index (χ0v) is 12.8. The molecule has 1 fully saturated rings. The highest BCUT2D eigenvalue weighted by atomic mass is 16.3. The summed E-state index contributed by atoms with van der Waals surface area (Å²) in [6.45, 7) is 4.56. The molecule has 21 heavy (non-hydrogen) atoms. The summed E-state index contributed by atoms with van der Waals surface area (Å²) in [6, 6.07) is 7.72. The number of piperidine rings is 1. The van der Waals surface area contributed by atoms with Crippen LogP contribution in [-0.4, -0.2) is 24.1 Å². The van der Waals surface area contributed by atoms with Crippen LogP contribution >= 0.6 is 0 Å². The highest BCUT2D eigenvalue weighted by Gasteiger charge is 2.38. The predicted octanol–water partition coefficient (Wildman–Crippen LogP) is 1.97. The van der Waals surface area contributed by atoms with Gasteiger partial charge in [-0.2, -0.15) is 0 Å². The van der Waals surface area contributed by atoms with Crippen molar-refractivity contribution < 1.29 is 9.90 Å². The Morgan fingerprint density at radius 3 is 2.71 bits per heavy atom. The van der Waals surface area contributed by atoms with Gasteiger partial charge in [0.05, 0.1) is 12.0 Å². The number of hydrogen-bond donors (Lipinski definition) is 3. The molecule has 1 aliphatic heterocycles. The van der Waals surface area contributed by atoms with Crippen LogP contribution in [0.25, 0.3) is 0 Å². The second kappa shape index (κ2) is 7.57. The van der Waals surface area contributed by atoms with E-state index in [0.29, 0.717) is 6.54 Å². The molecular formula is C17H26N2O2. The van der Waals surface area contributed by atoms with Crippen LogP contribution in [-0.2, 0) is 17.9 Å². The smallest absolute Gasteiger partial charge is 0.226 e. The number of benzene rings is 1. The quantitative estimate of drug-likeness (QED) is 0.750. The molecule has 116 valence electrons. The van der Waals surface area contributed by atoms with Crippen molar-refractivity contribution in [1.82, 2.24) is 10.6 Å².